The van der Waals surface area contributed by atoms with E-state index < -0.39 is 0 Å². The Bertz CT molecular complexity index is 154. The summed E-state index contributed by atoms with van der Waals surface area (Å²) < 4.78 is 0. The smallest absolute Gasteiger partial charge is 0.0249 e. The SMILES string of the molecule is C1CCCC([N]C2CCCCCCC2)CCC1. The van der Waals surface area contributed by atoms with Crippen molar-refractivity contribution < 1.29 is 0 Å². The highest BCUT2D eigenvalue weighted by molar-refractivity contribution is 4.76. The molecular formula is C16H30N. The van der Waals surface area contributed by atoms with Gasteiger partial charge in [0.25, 0.3) is 0 Å². The zero-order chi connectivity index (χ0) is 11.8. The van der Waals surface area contributed by atoms with Crippen LogP contribution in [0.2, 0.25) is 0 Å². The average Bonchev–Trinajstić information content (AvgIpc) is 2.24. The minimum Gasteiger partial charge on any atom is -0.235 e. The molecule has 2 aliphatic carbocycles. The maximum absolute atomic E-state index is 5.20. The molecule has 2 rings (SSSR count). The molecular weight excluding hydrogens is 206 g/mol. The molecule has 1 radical (unpaired) electrons. The van der Waals surface area contributed by atoms with Gasteiger partial charge in [-0.2, -0.15) is 0 Å². The Morgan fingerprint density at radius 2 is 0.706 bits per heavy atom. The maximum atomic E-state index is 5.20. The van der Waals surface area contributed by atoms with Crippen LogP contribution in [0, 0.1) is 0 Å². The predicted molar refractivity (Wildman–Crippen MR) is 74.3 cm³/mol. The summed E-state index contributed by atoms with van der Waals surface area (Å²) in [6.07, 6.45) is 20.0. The lowest BCUT2D eigenvalue weighted by Gasteiger charge is -2.26. The van der Waals surface area contributed by atoms with Crippen LogP contribution < -0.4 is 5.32 Å². The first-order valence-electron chi connectivity index (χ1n) is 8.15. The van der Waals surface area contributed by atoms with Crippen molar-refractivity contribution in [2.24, 2.45) is 0 Å². The lowest BCUT2D eigenvalue weighted by molar-refractivity contribution is 0.305. The molecule has 2 fully saturated rings. The molecule has 2 aliphatic rings. The Labute approximate surface area is 108 Å². The summed E-state index contributed by atoms with van der Waals surface area (Å²) in [7, 11) is 0. The molecule has 0 bridgehead atoms. The molecule has 0 aromatic heterocycles. The van der Waals surface area contributed by atoms with Crippen LogP contribution in [0.4, 0.5) is 0 Å². The van der Waals surface area contributed by atoms with E-state index in [1.165, 1.54) is 89.9 Å². The Morgan fingerprint density at radius 3 is 1.06 bits per heavy atom. The lowest BCUT2D eigenvalue weighted by Crippen LogP contribution is -2.32. The first-order valence-corrected chi connectivity index (χ1v) is 8.15. The van der Waals surface area contributed by atoms with Gasteiger partial charge in [-0.25, -0.2) is 5.32 Å². The summed E-state index contributed by atoms with van der Waals surface area (Å²) in [5, 5.41) is 5.20. The number of hydrogen-bond acceptors (Lipinski definition) is 0. The molecule has 1 nitrogen and oxygen atoms in total. The second kappa shape index (κ2) is 8.13. The second-order valence-corrected chi connectivity index (χ2v) is 6.15. The van der Waals surface area contributed by atoms with Crippen molar-refractivity contribution in [3.05, 3.63) is 0 Å². The predicted octanol–water partition coefficient (Wildman–Crippen LogP) is 4.82. The second-order valence-electron chi connectivity index (χ2n) is 6.15. The van der Waals surface area contributed by atoms with E-state index >= 15 is 0 Å². The van der Waals surface area contributed by atoms with Gasteiger partial charge in [0.1, 0.15) is 0 Å². The number of rotatable bonds is 2. The third kappa shape index (κ3) is 5.42. The van der Waals surface area contributed by atoms with Gasteiger partial charge in [-0.05, 0) is 25.7 Å². The Balaban J connectivity index is 1.72. The molecule has 0 heterocycles. The summed E-state index contributed by atoms with van der Waals surface area (Å²) in [4.78, 5) is 0. The molecule has 0 aromatic rings. The molecule has 0 atom stereocenters. The molecule has 0 N–H and O–H groups in total. The van der Waals surface area contributed by atoms with E-state index in [9.17, 15) is 0 Å². The van der Waals surface area contributed by atoms with Gasteiger partial charge in [-0.3, -0.25) is 0 Å². The van der Waals surface area contributed by atoms with Crippen LogP contribution in [0.25, 0.3) is 0 Å². The lowest BCUT2D eigenvalue weighted by atomic mass is 9.93. The molecule has 2 saturated carbocycles. The Morgan fingerprint density at radius 1 is 0.412 bits per heavy atom. The van der Waals surface area contributed by atoms with Gasteiger partial charge in [0.2, 0.25) is 0 Å². The van der Waals surface area contributed by atoms with Gasteiger partial charge in [-0.15, -0.1) is 0 Å². The molecule has 0 saturated heterocycles. The summed E-state index contributed by atoms with van der Waals surface area (Å²) in [5.74, 6) is 0. The zero-order valence-electron chi connectivity index (χ0n) is 11.5. The minimum atomic E-state index is 0.722. The quantitative estimate of drug-likeness (QED) is 0.653. The van der Waals surface area contributed by atoms with Gasteiger partial charge in [0.05, 0.1) is 0 Å². The normalized spacial score (nSPS) is 26.8. The van der Waals surface area contributed by atoms with Gasteiger partial charge >= 0.3 is 0 Å². The number of nitrogens with zero attached hydrogens (tertiary/aromatic N) is 1. The molecule has 1 heteroatoms. The van der Waals surface area contributed by atoms with Gasteiger partial charge in [0.15, 0.2) is 0 Å². The Hall–Kier alpha value is -0.0400. The third-order valence-corrected chi connectivity index (χ3v) is 4.57. The van der Waals surface area contributed by atoms with E-state index in [0.29, 0.717) is 0 Å². The summed E-state index contributed by atoms with van der Waals surface area (Å²) in [6, 6.07) is 1.44. The zero-order valence-corrected chi connectivity index (χ0v) is 11.5. The van der Waals surface area contributed by atoms with E-state index in [4.69, 9.17) is 5.32 Å². The highest BCUT2D eigenvalue weighted by atomic mass is 14.9. The van der Waals surface area contributed by atoms with Gasteiger partial charge in [0, 0.05) is 12.1 Å². The van der Waals surface area contributed by atoms with Crippen LogP contribution in [-0.2, 0) is 0 Å². The standard InChI is InChI=1S/C16H30N/c1-3-7-11-15(12-8-4-1)17-16-13-9-5-2-6-10-14-16/h15-16H,1-14H2. The number of hydrogen-bond donors (Lipinski definition) is 0. The Kier molecular flexibility index (Phi) is 6.41. The molecule has 0 unspecified atom stereocenters. The maximum Gasteiger partial charge on any atom is 0.0249 e. The van der Waals surface area contributed by atoms with Crippen molar-refractivity contribution in [1.29, 1.82) is 0 Å². The molecule has 0 aliphatic heterocycles. The average molecular weight is 236 g/mol. The molecule has 17 heavy (non-hydrogen) atoms. The first kappa shape index (κ1) is 13.4. The summed E-state index contributed by atoms with van der Waals surface area (Å²) in [6.45, 7) is 0. The molecule has 0 spiro atoms. The van der Waals surface area contributed by atoms with Gasteiger partial charge < -0.3 is 0 Å². The van der Waals surface area contributed by atoms with Crippen molar-refractivity contribution in [3.8, 4) is 0 Å². The van der Waals surface area contributed by atoms with E-state index in [2.05, 4.69) is 0 Å². The summed E-state index contributed by atoms with van der Waals surface area (Å²) in [5.41, 5.74) is 0. The van der Waals surface area contributed by atoms with Crippen molar-refractivity contribution in [2.75, 3.05) is 0 Å². The van der Waals surface area contributed by atoms with Crippen molar-refractivity contribution in [3.63, 3.8) is 0 Å². The summed E-state index contributed by atoms with van der Waals surface area (Å²) >= 11 is 0. The van der Waals surface area contributed by atoms with Crippen LogP contribution in [-0.4, -0.2) is 12.1 Å². The van der Waals surface area contributed by atoms with Crippen LogP contribution >= 0.6 is 0 Å². The van der Waals surface area contributed by atoms with Crippen LogP contribution in [0.1, 0.15) is 89.9 Å². The third-order valence-electron chi connectivity index (χ3n) is 4.57. The van der Waals surface area contributed by atoms with Crippen LogP contribution in [0.3, 0.4) is 0 Å². The fourth-order valence-electron chi connectivity index (χ4n) is 3.47. The van der Waals surface area contributed by atoms with Crippen LogP contribution in [0.5, 0.6) is 0 Å². The first-order chi connectivity index (χ1) is 8.45. The largest absolute Gasteiger partial charge is 0.235 e. The molecule has 0 amide bonds. The topological polar surface area (TPSA) is 14.1 Å². The highest BCUT2D eigenvalue weighted by Crippen LogP contribution is 2.22. The highest BCUT2D eigenvalue weighted by Gasteiger charge is 2.18. The van der Waals surface area contributed by atoms with E-state index in [0.717, 1.165) is 12.1 Å². The monoisotopic (exact) mass is 236 g/mol. The fourth-order valence-corrected chi connectivity index (χ4v) is 3.47. The molecule has 0 aromatic carbocycles. The van der Waals surface area contributed by atoms with Gasteiger partial charge in [-0.1, -0.05) is 64.2 Å². The van der Waals surface area contributed by atoms with Crippen LogP contribution in [0.15, 0.2) is 0 Å². The van der Waals surface area contributed by atoms with E-state index in [1.54, 1.807) is 0 Å². The van der Waals surface area contributed by atoms with Crippen molar-refractivity contribution in [2.45, 2.75) is 102 Å². The van der Waals surface area contributed by atoms with E-state index in [-0.39, 0.29) is 0 Å². The molecule has 99 valence electrons. The van der Waals surface area contributed by atoms with Crippen molar-refractivity contribution >= 4 is 0 Å². The van der Waals surface area contributed by atoms with Crippen molar-refractivity contribution in [1.82, 2.24) is 5.32 Å². The fraction of sp³-hybridized carbons (Fsp3) is 1.00. The van der Waals surface area contributed by atoms with E-state index in [1.807, 2.05) is 0 Å². The minimum absolute atomic E-state index is 0.722.